The monoisotopic (exact) mass is 390 g/mol. The molecular weight excluding hydrogens is 356 g/mol. The van der Waals surface area contributed by atoms with Gasteiger partial charge in [0.05, 0.1) is 6.04 Å². The molecular formula is C19H34N8O. The number of hydrogen-bond donors (Lipinski definition) is 1. The van der Waals surface area contributed by atoms with Crippen molar-refractivity contribution in [1.82, 2.24) is 34.8 Å². The molecule has 1 N–H and O–H groups in total. The Bertz CT molecular complexity index is 618. The molecule has 0 radical (unpaired) electrons. The Morgan fingerprint density at radius 1 is 1.04 bits per heavy atom. The van der Waals surface area contributed by atoms with E-state index in [9.17, 15) is 4.79 Å². The number of rotatable bonds is 7. The molecule has 156 valence electrons. The van der Waals surface area contributed by atoms with Crippen LogP contribution in [0, 0.1) is 0 Å². The highest BCUT2D eigenvalue weighted by atomic mass is 16.2. The van der Waals surface area contributed by atoms with E-state index in [-0.39, 0.29) is 6.04 Å². The summed E-state index contributed by atoms with van der Waals surface area (Å²) in [6.07, 6.45) is 7.94. The fourth-order valence-electron chi connectivity index (χ4n) is 3.97. The molecule has 1 atom stereocenters. The second-order valence-corrected chi connectivity index (χ2v) is 7.61. The Kier molecular flexibility index (Phi) is 7.64. The first-order valence-corrected chi connectivity index (χ1v) is 10.5. The molecule has 1 aromatic rings. The van der Waals surface area contributed by atoms with Crippen LogP contribution in [0.5, 0.6) is 0 Å². The van der Waals surface area contributed by atoms with Crippen molar-refractivity contribution >= 4 is 11.9 Å². The Balaban J connectivity index is 1.35. The van der Waals surface area contributed by atoms with Gasteiger partial charge in [-0.1, -0.05) is 0 Å². The van der Waals surface area contributed by atoms with Gasteiger partial charge in [-0.25, -0.2) is 0 Å². The molecule has 3 heterocycles. The molecule has 9 heteroatoms. The van der Waals surface area contributed by atoms with Gasteiger partial charge in [-0.2, -0.15) is 0 Å². The third-order valence-corrected chi connectivity index (χ3v) is 5.74. The average Bonchev–Trinajstić information content (AvgIpc) is 3.44. The molecule has 0 aliphatic carbocycles. The lowest BCUT2D eigenvalue weighted by Crippen LogP contribution is -2.57. The lowest BCUT2D eigenvalue weighted by molar-refractivity contribution is -0.135. The summed E-state index contributed by atoms with van der Waals surface area (Å²) in [5.41, 5.74) is 0. The summed E-state index contributed by atoms with van der Waals surface area (Å²) in [5.74, 6) is 1.25. The zero-order chi connectivity index (χ0) is 19.8. The van der Waals surface area contributed by atoms with Crippen LogP contribution in [-0.2, 0) is 11.3 Å². The lowest BCUT2D eigenvalue weighted by atomic mass is 10.2. The van der Waals surface area contributed by atoms with Gasteiger partial charge in [-0.3, -0.25) is 14.7 Å². The third-order valence-electron chi connectivity index (χ3n) is 5.74. The highest BCUT2D eigenvalue weighted by Crippen LogP contribution is 2.14. The predicted molar refractivity (Wildman–Crippen MR) is 109 cm³/mol. The molecule has 2 saturated heterocycles. The van der Waals surface area contributed by atoms with Gasteiger partial charge < -0.3 is 19.7 Å². The maximum Gasteiger partial charge on any atom is 0.239 e. The first-order valence-electron chi connectivity index (χ1n) is 10.5. The number of aryl methyl sites for hydroxylation is 1. The second kappa shape index (κ2) is 10.4. The zero-order valence-corrected chi connectivity index (χ0v) is 17.3. The molecule has 0 saturated carbocycles. The summed E-state index contributed by atoms with van der Waals surface area (Å²) in [5, 5.41) is 11.1. The molecule has 2 aliphatic rings. The van der Waals surface area contributed by atoms with E-state index in [0.29, 0.717) is 5.91 Å². The quantitative estimate of drug-likeness (QED) is 0.409. The topological polar surface area (TPSA) is 81.9 Å². The van der Waals surface area contributed by atoms with Crippen LogP contribution in [-0.4, -0.2) is 100 Å². The van der Waals surface area contributed by atoms with Crippen LogP contribution in [0.2, 0.25) is 0 Å². The van der Waals surface area contributed by atoms with E-state index in [4.69, 9.17) is 0 Å². The van der Waals surface area contributed by atoms with Crippen molar-refractivity contribution in [1.29, 1.82) is 0 Å². The van der Waals surface area contributed by atoms with Crippen molar-refractivity contribution in [2.24, 2.45) is 4.99 Å². The van der Waals surface area contributed by atoms with E-state index in [1.165, 1.54) is 0 Å². The molecule has 1 unspecified atom stereocenters. The molecule has 0 bridgehead atoms. The molecule has 0 spiro atoms. The highest BCUT2D eigenvalue weighted by molar-refractivity contribution is 5.82. The van der Waals surface area contributed by atoms with E-state index in [1.807, 2.05) is 16.5 Å². The number of likely N-dealkylation sites (tertiary alicyclic amines) is 1. The standard InChI is InChI=1S/C19H34N8O/c1-17(18(28)26-9-5-6-10-26)25-11-13-27(14-12-25)19(20-2)21-7-3-4-8-24-15-22-23-16-24/h15-17H,3-14H2,1-2H3,(H,20,21). The van der Waals surface area contributed by atoms with E-state index in [2.05, 4.69) is 37.2 Å². The van der Waals surface area contributed by atoms with Gasteiger partial charge in [0.15, 0.2) is 5.96 Å². The molecule has 28 heavy (non-hydrogen) atoms. The van der Waals surface area contributed by atoms with Crippen LogP contribution in [0.1, 0.15) is 32.6 Å². The van der Waals surface area contributed by atoms with Crippen molar-refractivity contribution in [3.05, 3.63) is 12.7 Å². The Morgan fingerprint density at radius 2 is 1.71 bits per heavy atom. The van der Waals surface area contributed by atoms with Crippen LogP contribution < -0.4 is 5.32 Å². The fourth-order valence-corrected chi connectivity index (χ4v) is 3.97. The summed E-state index contributed by atoms with van der Waals surface area (Å²) in [4.78, 5) is 23.7. The number of unbranched alkanes of at least 4 members (excludes halogenated alkanes) is 1. The number of carbonyl (C=O) groups is 1. The number of amides is 1. The summed E-state index contributed by atoms with van der Waals surface area (Å²) in [6, 6.07) is -0.0205. The maximum atomic E-state index is 12.6. The van der Waals surface area contributed by atoms with Crippen LogP contribution in [0.25, 0.3) is 0 Å². The van der Waals surface area contributed by atoms with Crippen molar-refractivity contribution in [2.75, 3.05) is 52.9 Å². The first-order chi connectivity index (χ1) is 13.7. The lowest BCUT2D eigenvalue weighted by Gasteiger charge is -2.39. The Labute approximate surface area is 167 Å². The average molecular weight is 391 g/mol. The number of nitrogens with zero attached hydrogens (tertiary/aromatic N) is 7. The molecule has 2 aliphatic heterocycles. The van der Waals surface area contributed by atoms with Gasteiger partial charge in [0.1, 0.15) is 12.7 Å². The molecule has 0 aromatic carbocycles. The first kappa shape index (κ1) is 20.6. The number of aliphatic imine (C=N–C) groups is 1. The SMILES string of the molecule is CN=C(NCCCCn1cnnc1)N1CCN(C(C)C(=O)N2CCCC2)CC1. The number of guanidine groups is 1. The van der Waals surface area contributed by atoms with Crippen LogP contribution in [0.15, 0.2) is 17.6 Å². The van der Waals surface area contributed by atoms with Crippen LogP contribution >= 0.6 is 0 Å². The van der Waals surface area contributed by atoms with Gasteiger partial charge in [0.2, 0.25) is 5.91 Å². The van der Waals surface area contributed by atoms with Crippen molar-refractivity contribution < 1.29 is 4.79 Å². The van der Waals surface area contributed by atoms with Gasteiger partial charge in [0, 0.05) is 59.4 Å². The second-order valence-electron chi connectivity index (χ2n) is 7.61. The minimum absolute atomic E-state index is 0.0205. The summed E-state index contributed by atoms with van der Waals surface area (Å²) in [7, 11) is 1.84. The Morgan fingerprint density at radius 3 is 2.36 bits per heavy atom. The highest BCUT2D eigenvalue weighted by Gasteiger charge is 2.30. The molecule has 2 fully saturated rings. The van der Waals surface area contributed by atoms with Crippen molar-refractivity contribution in [3.63, 3.8) is 0 Å². The summed E-state index contributed by atoms with van der Waals surface area (Å²) >= 11 is 0. The number of nitrogens with one attached hydrogen (secondary N) is 1. The largest absolute Gasteiger partial charge is 0.356 e. The van der Waals surface area contributed by atoms with Gasteiger partial charge in [-0.05, 0) is 32.6 Å². The predicted octanol–water partition coefficient (Wildman–Crippen LogP) is 0.262. The van der Waals surface area contributed by atoms with E-state index < -0.39 is 0 Å². The normalized spacial score (nSPS) is 19.9. The minimum atomic E-state index is -0.0205. The minimum Gasteiger partial charge on any atom is -0.356 e. The zero-order valence-electron chi connectivity index (χ0n) is 17.3. The number of aromatic nitrogens is 3. The molecule has 3 rings (SSSR count). The van der Waals surface area contributed by atoms with E-state index in [0.717, 1.165) is 84.0 Å². The fraction of sp³-hybridized carbons (Fsp3) is 0.789. The van der Waals surface area contributed by atoms with Gasteiger partial charge >= 0.3 is 0 Å². The number of carbonyl (C=O) groups excluding carboxylic acids is 1. The van der Waals surface area contributed by atoms with Crippen molar-refractivity contribution in [3.8, 4) is 0 Å². The third kappa shape index (κ3) is 5.43. The van der Waals surface area contributed by atoms with Crippen LogP contribution in [0.4, 0.5) is 0 Å². The van der Waals surface area contributed by atoms with Crippen LogP contribution in [0.3, 0.4) is 0 Å². The van der Waals surface area contributed by atoms with Gasteiger partial charge in [-0.15, -0.1) is 10.2 Å². The van der Waals surface area contributed by atoms with Crippen molar-refractivity contribution in [2.45, 2.75) is 45.2 Å². The summed E-state index contributed by atoms with van der Waals surface area (Å²) < 4.78 is 2.00. The number of piperazine rings is 1. The Hall–Kier alpha value is -2.16. The van der Waals surface area contributed by atoms with E-state index in [1.54, 1.807) is 12.7 Å². The molecule has 1 amide bonds. The summed E-state index contributed by atoms with van der Waals surface area (Å²) in [6.45, 7) is 9.35. The maximum absolute atomic E-state index is 12.6. The van der Waals surface area contributed by atoms with Gasteiger partial charge in [0.25, 0.3) is 0 Å². The van der Waals surface area contributed by atoms with E-state index >= 15 is 0 Å². The molecule has 9 nitrogen and oxygen atoms in total. The molecule has 1 aromatic heterocycles. The smallest absolute Gasteiger partial charge is 0.239 e. The number of hydrogen-bond acceptors (Lipinski definition) is 5.